The van der Waals surface area contributed by atoms with Crippen LogP contribution in [0.1, 0.15) is 5.56 Å². The Kier molecular flexibility index (Phi) is 5.26. The predicted octanol–water partition coefficient (Wildman–Crippen LogP) is 4.10. The normalized spacial score (nSPS) is 15.3. The van der Waals surface area contributed by atoms with Crippen molar-refractivity contribution in [2.45, 2.75) is 0 Å². The van der Waals surface area contributed by atoms with Crippen LogP contribution in [0.2, 0.25) is 0 Å². The molecule has 0 unspecified atom stereocenters. The lowest BCUT2D eigenvalue weighted by molar-refractivity contribution is 0.590. The molecule has 2 heterocycles. The molecule has 0 spiro atoms. The van der Waals surface area contributed by atoms with E-state index >= 15 is 0 Å². The number of piperazine rings is 1. The van der Waals surface area contributed by atoms with Crippen molar-refractivity contribution >= 4 is 43.5 Å². The van der Waals surface area contributed by atoms with Crippen LogP contribution in [0, 0.1) is 0 Å². The van der Waals surface area contributed by atoms with Crippen molar-refractivity contribution in [1.29, 1.82) is 0 Å². The quantitative estimate of drug-likeness (QED) is 0.517. The molecule has 1 saturated heterocycles. The zero-order valence-electron chi connectivity index (χ0n) is 17.2. The number of aromatic nitrogens is 1. The van der Waals surface area contributed by atoms with Crippen molar-refractivity contribution in [3.05, 3.63) is 84.6 Å². The fraction of sp³-hybridized carbons (Fsp3) is 0.200. The molecule has 0 bridgehead atoms. The predicted molar refractivity (Wildman–Crippen MR) is 129 cm³/mol. The van der Waals surface area contributed by atoms with Crippen LogP contribution >= 0.6 is 0 Å². The number of benzene rings is 3. The first-order valence-corrected chi connectivity index (χ1v) is 12.2. The maximum Gasteiger partial charge on any atom is 0.242 e. The molecule has 4 aromatic rings. The van der Waals surface area contributed by atoms with Crippen LogP contribution in [0.3, 0.4) is 0 Å². The number of nitrogens with zero attached hydrogens (tertiary/aromatic N) is 2. The molecule has 0 aliphatic carbocycles. The van der Waals surface area contributed by atoms with E-state index in [4.69, 9.17) is 0 Å². The molecule has 1 N–H and O–H groups in total. The van der Waals surface area contributed by atoms with E-state index in [2.05, 4.69) is 34.5 Å². The smallest absolute Gasteiger partial charge is 0.242 e. The second-order valence-electron chi connectivity index (χ2n) is 7.81. The fourth-order valence-corrected chi connectivity index (χ4v) is 5.53. The summed E-state index contributed by atoms with van der Waals surface area (Å²) in [5.74, 6) is -0.0577. The third-order valence-electron chi connectivity index (χ3n) is 5.86. The highest BCUT2D eigenvalue weighted by molar-refractivity contribution is 7.90. The summed E-state index contributed by atoms with van der Waals surface area (Å²) in [6, 6.07) is 22.0. The summed E-state index contributed by atoms with van der Waals surface area (Å²) in [5, 5.41) is 6.60. The molecule has 1 aliphatic heterocycles. The molecule has 158 valence electrons. The molecule has 0 radical (unpaired) electrons. The van der Waals surface area contributed by atoms with Gasteiger partial charge in [-0.15, -0.1) is 0 Å². The Hall–Kier alpha value is -3.09. The lowest BCUT2D eigenvalue weighted by atomic mass is 10.0. The highest BCUT2D eigenvalue weighted by atomic mass is 32.2. The highest BCUT2D eigenvalue weighted by Crippen LogP contribution is 2.29. The summed E-state index contributed by atoms with van der Waals surface area (Å²) in [6.07, 6.45) is 5.32. The second-order valence-corrected chi connectivity index (χ2v) is 9.70. The molecule has 6 heteroatoms. The summed E-state index contributed by atoms with van der Waals surface area (Å²) in [7, 11) is -3.52. The van der Waals surface area contributed by atoms with Gasteiger partial charge >= 0.3 is 0 Å². The molecule has 0 atom stereocenters. The molecular formula is C25H25N3O2S. The van der Waals surface area contributed by atoms with Crippen LogP contribution in [-0.4, -0.2) is 44.3 Å². The molecule has 5 rings (SSSR count). The molecule has 0 saturated carbocycles. The first-order valence-electron chi connectivity index (χ1n) is 10.6. The second kappa shape index (κ2) is 8.21. The van der Waals surface area contributed by atoms with Crippen molar-refractivity contribution in [2.75, 3.05) is 36.8 Å². The van der Waals surface area contributed by atoms with E-state index in [-0.39, 0.29) is 5.75 Å². The van der Waals surface area contributed by atoms with Crippen molar-refractivity contribution < 1.29 is 8.42 Å². The number of hydrogen-bond acceptors (Lipinski definition) is 4. The van der Waals surface area contributed by atoms with E-state index in [1.54, 1.807) is 12.3 Å². The van der Waals surface area contributed by atoms with E-state index < -0.39 is 10.0 Å². The van der Waals surface area contributed by atoms with Crippen molar-refractivity contribution in [2.24, 2.45) is 0 Å². The Bertz CT molecular complexity index is 1360. The van der Waals surface area contributed by atoms with Gasteiger partial charge in [-0.05, 0) is 34.5 Å². The molecule has 31 heavy (non-hydrogen) atoms. The third kappa shape index (κ3) is 3.84. The minimum atomic E-state index is -3.52. The largest absolute Gasteiger partial charge is 0.368 e. The van der Waals surface area contributed by atoms with Crippen LogP contribution in [0.5, 0.6) is 0 Å². The number of hydrogen-bond donors (Lipinski definition) is 1. The van der Waals surface area contributed by atoms with Crippen LogP contribution in [0.25, 0.3) is 27.8 Å². The topological polar surface area (TPSA) is 54.3 Å². The number of fused-ring (bicyclic) bond motifs is 2. The molecule has 1 aliphatic rings. The number of rotatable bonds is 5. The standard InChI is InChI=1S/C25H25N3O2S/c29-31(30,19-5-9-21-8-3-7-20-6-1-2-10-22(20)21)28-16-13-23-24(11-4-12-25(23)28)27-17-14-26-15-18-27/h1-13,16,26H,14-15,17-19H2. The van der Waals surface area contributed by atoms with E-state index in [1.165, 1.54) is 3.97 Å². The van der Waals surface area contributed by atoms with Crippen molar-refractivity contribution in [1.82, 2.24) is 9.29 Å². The number of anilines is 1. The fourth-order valence-electron chi connectivity index (χ4n) is 4.32. The maximum atomic E-state index is 13.1. The van der Waals surface area contributed by atoms with Gasteiger partial charge in [0.05, 0.1) is 11.3 Å². The van der Waals surface area contributed by atoms with Gasteiger partial charge in [-0.1, -0.05) is 60.7 Å². The summed E-state index contributed by atoms with van der Waals surface area (Å²) < 4.78 is 27.7. The van der Waals surface area contributed by atoms with Crippen molar-refractivity contribution in [3.8, 4) is 0 Å². The van der Waals surface area contributed by atoms with E-state index in [1.807, 2.05) is 48.5 Å². The average molecular weight is 432 g/mol. The third-order valence-corrected chi connectivity index (χ3v) is 7.39. The summed E-state index contributed by atoms with van der Waals surface area (Å²) in [5.41, 5.74) is 2.85. The summed E-state index contributed by atoms with van der Waals surface area (Å²) in [6.45, 7) is 3.72. The van der Waals surface area contributed by atoms with Crippen molar-refractivity contribution in [3.63, 3.8) is 0 Å². The van der Waals surface area contributed by atoms with Gasteiger partial charge in [0.2, 0.25) is 10.0 Å². The monoisotopic (exact) mass is 431 g/mol. The first kappa shape index (κ1) is 19.8. The highest BCUT2D eigenvalue weighted by Gasteiger charge is 2.18. The molecule has 0 amide bonds. The van der Waals surface area contributed by atoms with Gasteiger partial charge in [0.1, 0.15) is 0 Å². The Morgan fingerprint density at radius 3 is 2.52 bits per heavy atom. The SMILES string of the molecule is O=S(=O)(CC=Cc1cccc2ccccc12)n1ccc2c(N3CCNCC3)cccc21. The van der Waals surface area contributed by atoms with E-state index in [0.717, 1.165) is 59.1 Å². The Balaban J connectivity index is 1.43. The van der Waals surface area contributed by atoms with Gasteiger partial charge in [0, 0.05) is 43.4 Å². The van der Waals surface area contributed by atoms with E-state index in [9.17, 15) is 8.42 Å². The Morgan fingerprint density at radius 2 is 1.65 bits per heavy atom. The molecular weight excluding hydrogens is 406 g/mol. The maximum absolute atomic E-state index is 13.1. The summed E-state index contributed by atoms with van der Waals surface area (Å²) in [4.78, 5) is 2.32. The van der Waals surface area contributed by atoms with Gasteiger partial charge < -0.3 is 10.2 Å². The van der Waals surface area contributed by atoms with Gasteiger partial charge in [0.15, 0.2) is 0 Å². The lowest BCUT2D eigenvalue weighted by Gasteiger charge is -2.30. The Labute approximate surface area is 182 Å². The van der Waals surface area contributed by atoms with Crippen LogP contribution in [0.4, 0.5) is 5.69 Å². The first-order chi connectivity index (χ1) is 15.1. The van der Waals surface area contributed by atoms with Crippen LogP contribution < -0.4 is 10.2 Å². The summed E-state index contributed by atoms with van der Waals surface area (Å²) >= 11 is 0. The van der Waals surface area contributed by atoms with Gasteiger partial charge in [-0.3, -0.25) is 0 Å². The molecule has 1 fully saturated rings. The zero-order chi connectivity index (χ0) is 21.3. The van der Waals surface area contributed by atoms with E-state index in [0.29, 0.717) is 0 Å². The van der Waals surface area contributed by atoms with Crippen LogP contribution in [-0.2, 0) is 10.0 Å². The lowest BCUT2D eigenvalue weighted by Crippen LogP contribution is -2.43. The minimum absolute atomic E-state index is 0.0577. The zero-order valence-corrected chi connectivity index (χ0v) is 18.1. The molecule has 3 aromatic carbocycles. The number of nitrogens with one attached hydrogen (secondary N) is 1. The minimum Gasteiger partial charge on any atom is -0.368 e. The van der Waals surface area contributed by atoms with Crippen LogP contribution in [0.15, 0.2) is 79.0 Å². The molecule has 1 aromatic heterocycles. The van der Waals surface area contributed by atoms with Gasteiger partial charge in [0.25, 0.3) is 0 Å². The van der Waals surface area contributed by atoms with Gasteiger partial charge in [-0.25, -0.2) is 12.4 Å². The molecule has 5 nitrogen and oxygen atoms in total. The average Bonchev–Trinajstić information content (AvgIpc) is 3.25. The van der Waals surface area contributed by atoms with Gasteiger partial charge in [-0.2, -0.15) is 0 Å². The Morgan fingerprint density at radius 1 is 0.871 bits per heavy atom.